The molecule has 1 aliphatic rings. The zero-order chi connectivity index (χ0) is 24.5. The first-order valence-electron chi connectivity index (χ1n) is 11.2. The van der Waals surface area contributed by atoms with Crippen molar-refractivity contribution < 1.29 is 19.4 Å². The minimum Gasteiger partial charge on any atom is -0.503 e. The summed E-state index contributed by atoms with van der Waals surface area (Å²) in [4.78, 5) is 37.2. The van der Waals surface area contributed by atoms with Crippen LogP contribution in [0.4, 0.5) is 5.13 Å². The summed E-state index contributed by atoms with van der Waals surface area (Å²) < 4.78 is 6.26. The number of nitrogens with zero attached hydrogens (tertiary/aromatic N) is 3. The Bertz CT molecular complexity index is 1450. The third-order valence-electron chi connectivity index (χ3n) is 6.06. The number of aliphatic hydroxyl groups excluding tert-OH is 1. The van der Waals surface area contributed by atoms with Gasteiger partial charge in [-0.3, -0.25) is 19.5 Å². The Labute approximate surface area is 206 Å². The van der Waals surface area contributed by atoms with E-state index in [0.29, 0.717) is 22.8 Å². The highest BCUT2D eigenvalue weighted by atomic mass is 32.1. The topological polar surface area (TPSA) is 92.6 Å². The second-order valence-electron chi connectivity index (χ2n) is 8.29. The third-order valence-corrected chi connectivity index (χ3v) is 7.08. The van der Waals surface area contributed by atoms with Crippen LogP contribution in [-0.2, 0) is 16.0 Å². The molecule has 0 fully saturated rings. The van der Waals surface area contributed by atoms with E-state index in [1.165, 1.54) is 16.2 Å². The van der Waals surface area contributed by atoms with E-state index in [2.05, 4.69) is 9.97 Å². The molecule has 8 heteroatoms. The number of carbonyl (C=O) groups excluding carboxylic acids is 2. The minimum atomic E-state index is -0.865. The molecule has 3 heterocycles. The van der Waals surface area contributed by atoms with E-state index in [-0.39, 0.29) is 17.8 Å². The molecule has 0 saturated heterocycles. The van der Waals surface area contributed by atoms with Gasteiger partial charge in [0.05, 0.1) is 28.6 Å². The summed E-state index contributed by atoms with van der Waals surface area (Å²) in [7, 11) is 1.60. The molecule has 35 heavy (non-hydrogen) atoms. The molecule has 1 atom stereocenters. The van der Waals surface area contributed by atoms with Crippen LogP contribution in [0, 0.1) is 6.92 Å². The van der Waals surface area contributed by atoms with Gasteiger partial charge in [-0.15, -0.1) is 0 Å². The smallest absolute Gasteiger partial charge is 0.296 e. The van der Waals surface area contributed by atoms with Crippen LogP contribution in [0.5, 0.6) is 5.75 Å². The molecule has 0 spiro atoms. The number of aliphatic hydroxyl groups is 1. The summed E-state index contributed by atoms with van der Waals surface area (Å²) in [6, 6.07) is 17.8. The number of carbonyl (C=O) groups is 2. The average molecular weight is 486 g/mol. The zero-order valence-electron chi connectivity index (χ0n) is 19.3. The number of aromatic nitrogens is 2. The Kier molecular flexibility index (Phi) is 6.05. The normalized spacial score (nSPS) is 15.8. The summed E-state index contributed by atoms with van der Waals surface area (Å²) in [6.45, 7) is 1.92. The van der Waals surface area contributed by atoms with Gasteiger partial charge in [-0.1, -0.05) is 47.7 Å². The molecular formula is C27H23N3O4S. The van der Waals surface area contributed by atoms with E-state index < -0.39 is 17.7 Å². The molecular weight excluding hydrogens is 462 g/mol. The summed E-state index contributed by atoms with van der Waals surface area (Å²) in [5.41, 5.74) is 3.17. The van der Waals surface area contributed by atoms with Gasteiger partial charge in [0.25, 0.3) is 5.91 Å². The third kappa shape index (κ3) is 4.17. The monoisotopic (exact) mass is 485 g/mol. The largest absolute Gasteiger partial charge is 0.503 e. The van der Waals surface area contributed by atoms with Crippen LogP contribution in [0.25, 0.3) is 10.2 Å². The number of rotatable bonds is 7. The van der Waals surface area contributed by atoms with Crippen LogP contribution in [0.3, 0.4) is 0 Å². The predicted molar refractivity (Wildman–Crippen MR) is 135 cm³/mol. The van der Waals surface area contributed by atoms with Gasteiger partial charge in [0, 0.05) is 12.6 Å². The van der Waals surface area contributed by atoms with Crippen molar-refractivity contribution in [2.24, 2.45) is 0 Å². The average Bonchev–Trinajstić information content (AvgIpc) is 3.40. The van der Waals surface area contributed by atoms with Crippen molar-refractivity contribution in [2.45, 2.75) is 25.8 Å². The highest BCUT2D eigenvalue weighted by molar-refractivity contribution is 7.22. The van der Waals surface area contributed by atoms with Gasteiger partial charge in [-0.05, 0) is 48.7 Å². The van der Waals surface area contributed by atoms with Crippen molar-refractivity contribution in [3.63, 3.8) is 0 Å². The molecule has 7 nitrogen and oxygen atoms in total. The van der Waals surface area contributed by atoms with Gasteiger partial charge in [0.15, 0.2) is 16.7 Å². The summed E-state index contributed by atoms with van der Waals surface area (Å²) in [6.07, 6.45) is 2.26. The molecule has 4 aromatic rings. The van der Waals surface area contributed by atoms with Crippen LogP contribution < -0.4 is 9.64 Å². The van der Waals surface area contributed by atoms with E-state index in [4.69, 9.17) is 4.74 Å². The number of thiazole rings is 1. The molecule has 1 aliphatic heterocycles. The number of Topliss-reactive ketones (excluding diaryl/α,β-unsaturated/α-hetero) is 1. The van der Waals surface area contributed by atoms with Gasteiger partial charge in [-0.25, -0.2) is 4.98 Å². The van der Waals surface area contributed by atoms with Gasteiger partial charge in [-0.2, -0.15) is 0 Å². The van der Waals surface area contributed by atoms with Crippen LogP contribution in [0.2, 0.25) is 0 Å². The maximum atomic E-state index is 13.4. The Morgan fingerprint density at radius 2 is 1.91 bits per heavy atom. The van der Waals surface area contributed by atoms with Crippen LogP contribution in [0.15, 0.2) is 78.2 Å². The fourth-order valence-electron chi connectivity index (χ4n) is 4.31. The number of pyridine rings is 1. The van der Waals surface area contributed by atoms with Crippen molar-refractivity contribution in [3.05, 3.63) is 95.0 Å². The molecule has 0 saturated carbocycles. The van der Waals surface area contributed by atoms with Crippen molar-refractivity contribution in [2.75, 3.05) is 12.0 Å². The highest BCUT2D eigenvalue weighted by Crippen LogP contribution is 2.44. The van der Waals surface area contributed by atoms with Gasteiger partial charge in [0.1, 0.15) is 11.8 Å². The Morgan fingerprint density at radius 3 is 2.63 bits per heavy atom. The highest BCUT2D eigenvalue weighted by Gasteiger charge is 2.46. The molecule has 1 unspecified atom stereocenters. The molecule has 5 rings (SSSR count). The lowest BCUT2D eigenvalue weighted by molar-refractivity contribution is -0.118. The fourth-order valence-corrected chi connectivity index (χ4v) is 5.32. The number of benzene rings is 2. The van der Waals surface area contributed by atoms with Gasteiger partial charge >= 0.3 is 0 Å². The maximum absolute atomic E-state index is 13.4. The fraction of sp³-hybridized carbons (Fsp3) is 0.185. The summed E-state index contributed by atoms with van der Waals surface area (Å²) in [5.74, 6) is -0.783. The number of methoxy groups -OCH3 is 1. The molecule has 2 aromatic carbocycles. The summed E-state index contributed by atoms with van der Waals surface area (Å²) >= 11 is 1.30. The number of ether oxygens (including phenoxy) is 1. The number of anilines is 1. The SMILES string of the molecule is COc1cc2sc(N3C(=O)C(O)=C(C(=O)CCc4ccccc4)C3c3ccccn3)nc2cc1C. The Balaban J connectivity index is 1.55. The van der Waals surface area contributed by atoms with E-state index in [1.807, 2.05) is 49.4 Å². The quantitative estimate of drug-likeness (QED) is 0.391. The van der Waals surface area contributed by atoms with E-state index in [0.717, 1.165) is 21.6 Å². The second kappa shape index (κ2) is 9.31. The number of fused-ring (bicyclic) bond motifs is 1. The Morgan fingerprint density at radius 1 is 1.14 bits per heavy atom. The standard InChI is InChI=1S/C27H23N3O4S/c1-16-14-19-22(15-21(16)34-2)35-27(29-19)30-24(18-10-6-7-13-28-18)23(25(32)26(30)33)20(31)12-11-17-8-4-3-5-9-17/h3-10,13-15,24,32H,11-12H2,1-2H3. The second-order valence-corrected chi connectivity index (χ2v) is 9.30. The molecule has 176 valence electrons. The first-order valence-corrected chi connectivity index (χ1v) is 12.0. The van der Waals surface area contributed by atoms with Crippen LogP contribution in [-0.4, -0.2) is 33.9 Å². The zero-order valence-corrected chi connectivity index (χ0v) is 20.1. The lowest BCUT2D eigenvalue weighted by Gasteiger charge is -2.23. The summed E-state index contributed by atoms with van der Waals surface area (Å²) in [5, 5.41) is 11.3. The Hall–Kier alpha value is -4.04. The molecule has 0 aliphatic carbocycles. The van der Waals surface area contributed by atoms with Crippen LogP contribution >= 0.6 is 11.3 Å². The van der Waals surface area contributed by atoms with Crippen molar-refractivity contribution >= 4 is 38.4 Å². The van der Waals surface area contributed by atoms with Crippen molar-refractivity contribution in [3.8, 4) is 5.75 Å². The first kappa shape index (κ1) is 22.7. The lowest BCUT2D eigenvalue weighted by Crippen LogP contribution is -2.31. The van der Waals surface area contributed by atoms with E-state index in [9.17, 15) is 14.7 Å². The van der Waals surface area contributed by atoms with Crippen LogP contribution in [0.1, 0.15) is 29.3 Å². The van der Waals surface area contributed by atoms with E-state index in [1.54, 1.807) is 31.5 Å². The maximum Gasteiger partial charge on any atom is 0.296 e. The van der Waals surface area contributed by atoms with E-state index >= 15 is 0 Å². The minimum absolute atomic E-state index is 0.0534. The van der Waals surface area contributed by atoms with Crippen molar-refractivity contribution in [1.82, 2.24) is 9.97 Å². The van der Waals surface area contributed by atoms with Crippen molar-refractivity contribution in [1.29, 1.82) is 0 Å². The molecule has 2 aromatic heterocycles. The molecule has 0 bridgehead atoms. The number of ketones is 1. The lowest BCUT2D eigenvalue weighted by atomic mass is 9.96. The molecule has 1 amide bonds. The van der Waals surface area contributed by atoms with Gasteiger partial charge < -0.3 is 9.84 Å². The number of aryl methyl sites for hydroxylation is 2. The predicted octanol–water partition coefficient (Wildman–Crippen LogP) is 5.11. The first-order chi connectivity index (χ1) is 17.0. The molecule has 0 radical (unpaired) electrons. The molecule has 1 N–H and O–H groups in total. The van der Waals surface area contributed by atoms with Gasteiger partial charge in [0.2, 0.25) is 0 Å². The number of hydrogen-bond acceptors (Lipinski definition) is 7. The number of amides is 1. The number of hydrogen-bond donors (Lipinski definition) is 1.